The fourth-order valence-electron chi connectivity index (χ4n) is 4.44. The Morgan fingerprint density at radius 1 is 1.04 bits per heavy atom. The molecule has 2 saturated heterocycles. The van der Waals surface area contributed by atoms with Gasteiger partial charge in [0.1, 0.15) is 5.82 Å². The van der Waals surface area contributed by atoms with E-state index in [1.54, 1.807) is 0 Å². The summed E-state index contributed by atoms with van der Waals surface area (Å²) in [5.74, 6) is 1.01. The second-order valence-corrected chi connectivity index (χ2v) is 7.70. The highest BCUT2D eigenvalue weighted by atomic mass is 16.3. The number of rotatable bonds is 3. The Morgan fingerprint density at radius 2 is 1.81 bits per heavy atom. The maximum Gasteiger partial charge on any atom is 0.158 e. The molecule has 2 fully saturated rings. The van der Waals surface area contributed by atoms with Crippen LogP contribution >= 0.6 is 0 Å². The fourth-order valence-corrected chi connectivity index (χ4v) is 4.44. The smallest absolute Gasteiger partial charge is 0.158 e. The first kappa shape index (κ1) is 16.7. The third-order valence-corrected chi connectivity index (χ3v) is 5.79. The summed E-state index contributed by atoms with van der Waals surface area (Å²) in [5.41, 5.74) is 3.83. The third kappa shape index (κ3) is 2.99. The molecular formula is C21H25N5O. The summed E-state index contributed by atoms with van der Waals surface area (Å²) in [4.78, 5) is 9.52. The van der Waals surface area contributed by atoms with Crippen molar-refractivity contribution in [3.63, 3.8) is 0 Å². The van der Waals surface area contributed by atoms with E-state index in [1.165, 1.54) is 12.8 Å². The first-order chi connectivity index (χ1) is 13.2. The maximum absolute atomic E-state index is 10.7. The molecule has 0 radical (unpaired) electrons. The molecule has 140 valence electrons. The van der Waals surface area contributed by atoms with Gasteiger partial charge in [0, 0.05) is 30.8 Å². The van der Waals surface area contributed by atoms with E-state index in [0.717, 1.165) is 48.1 Å². The largest absolute Gasteiger partial charge is 0.390 e. The molecule has 2 atom stereocenters. The Kier molecular flexibility index (Phi) is 4.10. The summed E-state index contributed by atoms with van der Waals surface area (Å²) in [6, 6.07) is 14.6. The molecule has 0 spiro atoms. The zero-order chi connectivity index (χ0) is 18.4. The van der Waals surface area contributed by atoms with Gasteiger partial charge in [-0.1, -0.05) is 30.3 Å². The topological polar surface area (TPSA) is 56.9 Å². The number of β-amino-alcohol motifs (C(OH)–C–C–N with tert-alkyl or cyclic N) is 1. The highest BCUT2D eigenvalue weighted by Gasteiger charge is 2.37. The minimum Gasteiger partial charge on any atom is -0.390 e. The third-order valence-electron chi connectivity index (χ3n) is 5.79. The lowest BCUT2D eigenvalue weighted by Crippen LogP contribution is -2.41. The maximum atomic E-state index is 10.7. The van der Waals surface area contributed by atoms with Gasteiger partial charge in [0.25, 0.3) is 0 Å². The molecule has 27 heavy (non-hydrogen) atoms. The van der Waals surface area contributed by atoms with Crippen molar-refractivity contribution in [2.45, 2.75) is 31.9 Å². The van der Waals surface area contributed by atoms with Crippen LogP contribution in [0.25, 0.3) is 16.9 Å². The Bertz CT molecular complexity index is 948. The number of likely N-dealkylation sites (tertiary alicyclic amines) is 1. The van der Waals surface area contributed by atoms with Crippen LogP contribution in [-0.2, 0) is 0 Å². The lowest BCUT2D eigenvalue weighted by molar-refractivity contribution is 0.0986. The molecule has 0 saturated carbocycles. The molecular weight excluding hydrogens is 338 g/mol. The number of aliphatic hydroxyl groups excluding tert-OH is 1. The molecule has 0 bridgehead atoms. The van der Waals surface area contributed by atoms with Gasteiger partial charge in [-0.3, -0.25) is 4.90 Å². The van der Waals surface area contributed by atoms with Crippen LogP contribution in [0.5, 0.6) is 0 Å². The van der Waals surface area contributed by atoms with Gasteiger partial charge in [-0.05, 0) is 32.9 Å². The summed E-state index contributed by atoms with van der Waals surface area (Å²) in [6.07, 6.45) is 2.14. The van der Waals surface area contributed by atoms with Crippen molar-refractivity contribution in [1.29, 1.82) is 0 Å². The van der Waals surface area contributed by atoms with Crippen LogP contribution in [0.1, 0.15) is 18.5 Å². The number of anilines is 1. The van der Waals surface area contributed by atoms with Gasteiger partial charge in [-0.2, -0.15) is 9.61 Å². The van der Waals surface area contributed by atoms with Crippen LogP contribution < -0.4 is 4.90 Å². The second kappa shape index (κ2) is 6.62. The van der Waals surface area contributed by atoms with Gasteiger partial charge in [0.2, 0.25) is 0 Å². The van der Waals surface area contributed by atoms with E-state index in [1.807, 2.05) is 35.7 Å². The van der Waals surface area contributed by atoms with Crippen molar-refractivity contribution in [3.05, 3.63) is 48.2 Å². The van der Waals surface area contributed by atoms with E-state index in [2.05, 4.69) is 33.1 Å². The van der Waals surface area contributed by atoms with Gasteiger partial charge < -0.3 is 10.0 Å². The van der Waals surface area contributed by atoms with Gasteiger partial charge in [-0.25, -0.2) is 4.98 Å². The van der Waals surface area contributed by atoms with E-state index < -0.39 is 0 Å². The van der Waals surface area contributed by atoms with Crippen molar-refractivity contribution < 1.29 is 5.11 Å². The molecule has 0 unspecified atom stereocenters. The summed E-state index contributed by atoms with van der Waals surface area (Å²) < 4.78 is 1.92. The van der Waals surface area contributed by atoms with Gasteiger partial charge >= 0.3 is 0 Å². The molecule has 3 aromatic rings. The van der Waals surface area contributed by atoms with Crippen molar-refractivity contribution in [3.8, 4) is 11.3 Å². The predicted molar refractivity (Wildman–Crippen MR) is 106 cm³/mol. The lowest BCUT2D eigenvalue weighted by atomic mass is 10.1. The van der Waals surface area contributed by atoms with E-state index >= 15 is 0 Å². The van der Waals surface area contributed by atoms with Crippen LogP contribution in [0.3, 0.4) is 0 Å². The minimum absolute atomic E-state index is 0.201. The summed E-state index contributed by atoms with van der Waals surface area (Å²) in [6.45, 7) is 5.64. The zero-order valence-electron chi connectivity index (χ0n) is 15.6. The van der Waals surface area contributed by atoms with Gasteiger partial charge in [0.15, 0.2) is 5.65 Å². The number of aryl methyl sites for hydroxylation is 1. The molecule has 0 aliphatic carbocycles. The molecule has 4 heterocycles. The van der Waals surface area contributed by atoms with Crippen LogP contribution in [-0.4, -0.2) is 62.9 Å². The summed E-state index contributed by atoms with van der Waals surface area (Å²) in [5, 5.41) is 15.4. The van der Waals surface area contributed by atoms with E-state index in [4.69, 9.17) is 4.98 Å². The number of hydrogen-bond acceptors (Lipinski definition) is 5. The zero-order valence-corrected chi connectivity index (χ0v) is 15.6. The van der Waals surface area contributed by atoms with Gasteiger partial charge in [0.05, 0.1) is 23.5 Å². The van der Waals surface area contributed by atoms with Crippen LogP contribution in [0.2, 0.25) is 0 Å². The first-order valence-corrected chi connectivity index (χ1v) is 9.79. The lowest BCUT2D eigenvalue weighted by Gasteiger charge is -2.25. The first-order valence-electron chi connectivity index (χ1n) is 9.79. The number of benzene rings is 1. The molecule has 6 nitrogen and oxygen atoms in total. The van der Waals surface area contributed by atoms with E-state index in [0.29, 0.717) is 6.54 Å². The molecule has 5 rings (SSSR count). The highest BCUT2D eigenvalue weighted by molar-refractivity contribution is 5.67. The molecule has 1 aromatic carbocycles. The Labute approximate surface area is 159 Å². The van der Waals surface area contributed by atoms with Crippen LogP contribution in [0, 0.1) is 6.92 Å². The average Bonchev–Trinajstić information content (AvgIpc) is 3.40. The molecule has 2 aliphatic heterocycles. The fraction of sp³-hybridized carbons (Fsp3) is 0.429. The molecule has 2 aromatic heterocycles. The van der Waals surface area contributed by atoms with E-state index in [-0.39, 0.29) is 12.1 Å². The SMILES string of the molecule is Cc1cc2nc(-c3ccccc3)cc(N3C[C@H](O)[C@@H](N4CCCC4)C3)n2n1. The summed E-state index contributed by atoms with van der Waals surface area (Å²) >= 11 is 0. The molecule has 6 heteroatoms. The van der Waals surface area contributed by atoms with Crippen molar-refractivity contribution in [2.75, 3.05) is 31.1 Å². The highest BCUT2D eigenvalue weighted by Crippen LogP contribution is 2.29. The monoisotopic (exact) mass is 363 g/mol. The van der Waals surface area contributed by atoms with E-state index in [9.17, 15) is 5.11 Å². The number of aliphatic hydroxyl groups is 1. The quantitative estimate of drug-likeness (QED) is 0.774. The average molecular weight is 363 g/mol. The molecule has 0 amide bonds. The van der Waals surface area contributed by atoms with Crippen molar-refractivity contribution in [2.24, 2.45) is 0 Å². The Morgan fingerprint density at radius 3 is 2.59 bits per heavy atom. The summed E-state index contributed by atoms with van der Waals surface area (Å²) in [7, 11) is 0. The standard InChI is InChI=1S/C21H25N5O/c1-15-11-20-22-17(16-7-3-2-4-8-16)12-21(26(20)23-15)25-13-18(19(27)14-25)24-9-5-6-10-24/h2-4,7-8,11-12,18-19,27H,5-6,9-10,13-14H2,1H3/t18-,19-/m0/s1. The normalized spacial score (nSPS) is 23.6. The molecule has 1 N–H and O–H groups in total. The predicted octanol–water partition coefficient (Wildman–Crippen LogP) is 2.35. The Balaban J connectivity index is 1.56. The Hall–Kier alpha value is -2.44. The van der Waals surface area contributed by atoms with Crippen LogP contribution in [0.15, 0.2) is 42.5 Å². The number of nitrogens with zero attached hydrogens (tertiary/aromatic N) is 5. The van der Waals surface area contributed by atoms with Gasteiger partial charge in [-0.15, -0.1) is 0 Å². The van der Waals surface area contributed by atoms with Crippen LogP contribution in [0.4, 0.5) is 5.82 Å². The number of hydrogen-bond donors (Lipinski definition) is 1. The second-order valence-electron chi connectivity index (χ2n) is 7.70. The van der Waals surface area contributed by atoms with Crippen molar-refractivity contribution >= 4 is 11.5 Å². The number of aromatic nitrogens is 3. The minimum atomic E-state index is -0.330. The molecule has 2 aliphatic rings. The number of fused-ring (bicyclic) bond motifs is 1. The van der Waals surface area contributed by atoms with Crippen molar-refractivity contribution in [1.82, 2.24) is 19.5 Å².